The minimum absolute atomic E-state index is 0.0718. The number of carbonyl (C=O) groups is 1. The summed E-state index contributed by atoms with van der Waals surface area (Å²) in [5.74, 6) is -3.01. The Morgan fingerprint density at radius 2 is 1.80 bits per heavy atom. The molecule has 2 N–H and O–H groups in total. The molecule has 0 unspecified atom stereocenters. The first-order valence-corrected chi connectivity index (χ1v) is 10.8. The van der Waals surface area contributed by atoms with Gasteiger partial charge in [0, 0.05) is 23.7 Å². The van der Waals surface area contributed by atoms with Crippen molar-refractivity contribution in [2.45, 2.75) is 18.8 Å². The molecule has 1 fully saturated rings. The van der Waals surface area contributed by atoms with Gasteiger partial charge in [0.15, 0.2) is 17.3 Å². The Morgan fingerprint density at radius 1 is 1.06 bits per heavy atom. The molecule has 2 aliphatic rings. The van der Waals surface area contributed by atoms with Crippen LogP contribution in [0.5, 0.6) is 0 Å². The van der Waals surface area contributed by atoms with Crippen molar-refractivity contribution in [3.8, 4) is 23.0 Å². The Kier molecular flexibility index (Phi) is 5.49. The number of aromatic nitrogens is 2. The Bertz CT molecular complexity index is 1470. The molecule has 1 aromatic heterocycles. The number of carbonyl (C=O) groups excluding carboxylic acids is 1. The van der Waals surface area contributed by atoms with Crippen molar-refractivity contribution in [1.82, 2.24) is 14.7 Å². The Balaban J connectivity index is 1.66. The number of halogens is 3. The number of hydrogen-bond acceptors (Lipinski definition) is 4. The number of allylic oxidation sites excluding steroid dienone is 3. The van der Waals surface area contributed by atoms with E-state index in [1.54, 1.807) is 24.3 Å². The largest absolute Gasteiger partial charge is 0.398 e. The van der Waals surface area contributed by atoms with Gasteiger partial charge in [-0.2, -0.15) is 10.4 Å². The first-order valence-electron chi connectivity index (χ1n) is 10.8. The topological polar surface area (TPSA) is 87.9 Å². The van der Waals surface area contributed by atoms with E-state index in [1.165, 1.54) is 47.6 Å². The summed E-state index contributed by atoms with van der Waals surface area (Å²) in [5, 5.41) is 13.2. The second-order valence-electron chi connectivity index (χ2n) is 8.28. The van der Waals surface area contributed by atoms with E-state index in [1.807, 2.05) is 0 Å². The van der Waals surface area contributed by atoms with Gasteiger partial charge in [-0.05, 0) is 66.8 Å². The van der Waals surface area contributed by atoms with Crippen molar-refractivity contribution >= 4 is 5.91 Å². The number of rotatable bonds is 4. The summed E-state index contributed by atoms with van der Waals surface area (Å²) >= 11 is 0. The fraction of sp³-hybridized carbons (Fsp3) is 0.115. The summed E-state index contributed by atoms with van der Waals surface area (Å²) in [5.41, 5.74) is 6.13. The van der Waals surface area contributed by atoms with E-state index in [2.05, 4.69) is 5.10 Å². The second kappa shape index (κ2) is 8.65. The summed E-state index contributed by atoms with van der Waals surface area (Å²) in [7, 11) is 0. The minimum Gasteiger partial charge on any atom is -0.398 e. The lowest BCUT2D eigenvalue weighted by Crippen LogP contribution is -2.22. The molecule has 0 saturated heterocycles. The van der Waals surface area contributed by atoms with Crippen LogP contribution in [0.3, 0.4) is 0 Å². The van der Waals surface area contributed by atoms with Crippen LogP contribution in [0.4, 0.5) is 13.2 Å². The van der Waals surface area contributed by atoms with Crippen molar-refractivity contribution in [2.75, 3.05) is 0 Å². The Labute approximate surface area is 198 Å². The fourth-order valence-electron chi connectivity index (χ4n) is 3.88. The maximum Gasteiger partial charge on any atom is 0.282 e. The minimum atomic E-state index is -0.854. The zero-order chi connectivity index (χ0) is 24.7. The lowest BCUT2D eigenvalue weighted by atomic mass is 10.1. The number of amides is 1. The van der Waals surface area contributed by atoms with Gasteiger partial charge < -0.3 is 5.73 Å². The molecular weight excluding hydrogens is 455 g/mol. The van der Waals surface area contributed by atoms with Gasteiger partial charge in [0.05, 0.1) is 11.3 Å². The third-order valence-corrected chi connectivity index (χ3v) is 5.78. The van der Waals surface area contributed by atoms with Crippen molar-refractivity contribution in [1.29, 1.82) is 5.26 Å². The van der Waals surface area contributed by atoms with Crippen molar-refractivity contribution < 1.29 is 18.0 Å². The second-order valence-corrected chi connectivity index (χ2v) is 8.28. The van der Waals surface area contributed by atoms with E-state index in [0.717, 1.165) is 23.6 Å². The average Bonchev–Trinajstić information content (AvgIpc) is 3.62. The number of nitriles is 1. The smallest absolute Gasteiger partial charge is 0.282 e. The molecule has 1 saturated carbocycles. The SMILES string of the molecule is N#Cc1ccc(-c2cc(C(=O)N3C=CC=CC(N)=C3)nn2-c2c(F)cc(C3CC3)cc2F)cc1F. The molecule has 2 heterocycles. The molecule has 1 aliphatic heterocycles. The standard InChI is InChI=1S/C26H18F3N5O/c27-20-9-16(6-7-17(20)13-30)24-12-23(26(35)33-8-2-1-3-19(31)14-33)32-34(24)25-21(28)10-18(11-22(25)29)15-4-5-15/h1-3,6-12,14-15H,4-5,31H2. The molecule has 0 spiro atoms. The van der Waals surface area contributed by atoms with Gasteiger partial charge in [0.1, 0.15) is 17.6 Å². The predicted molar refractivity (Wildman–Crippen MR) is 122 cm³/mol. The average molecular weight is 473 g/mol. The van der Waals surface area contributed by atoms with Gasteiger partial charge in [-0.25, -0.2) is 17.9 Å². The highest BCUT2D eigenvalue weighted by Gasteiger charge is 2.28. The molecule has 3 aromatic rings. The van der Waals surface area contributed by atoms with E-state index in [0.29, 0.717) is 11.3 Å². The molecule has 35 heavy (non-hydrogen) atoms. The number of nitrogens with two attached hydrogens (primary N) is 1. The van der Waals surface area contributed by atoms with E-state index in [-0.39, 0.29) is 28.4 Å². The number of nitrogens with zero attached hydrogens (tertiary/aromatic N) is 4. The highest BCUT2D eigenvalue weighted by atomic mass is 19.1. The van der Waals surface area contributed by atoms with Gasteiger partial charge in [0.25, 0.3) is 5.91 Å². The Morgan fingerprint density at radius 3 is 2.46 bits per heavy atom. The van der Waals surface area contributed by atoms with Crippen LogP contribution in [-0.4, -0.2) is 20.6 Å². The maximum atomic E-state index is 15.2. The van der Waals surface area contributed by atoms with E-state index in [4.69, 9.17) is 11.0 Å². The van der Waals surface area contributed by atoms with Gasteiger partial charge >= 0.3 is 0 Å². The van der Waals surface area contributed by atoms with Crippen molar-refractivity contribution in [3.63, 3.8) is 0 Å². The number of hydrogen-bond donors (Lipinski definition) is 1. The summed E-state index contributed by atoms with van der Waals surface area (Å²) in [6.07, 6.45) is 9.41. The Hall–Kier alpha value is -4.58. The molecule has 174 valence electrons. The molecule has 0 atom stereocenters. The zero-order valence-electron chi connectivity index (χ0n) is 18.3. The fourth-order valence-corrected chi connectivity index (χ4v) is 3.88. The lowest BCUT2D eigenvalue weighted by molar-refractivity contribution is 0.0863. The van der Waals surface area contributed by atoms with E-state index < -0.39 is 29.0 Å². The van der Waals surface area contributed by atoms with Crippen LogP contribution < -0.4 is 5.73 Å². The summed E-state index contributed by atoms with van der Waals surface area (Å²) in [6, 6.07) is 9.29. The summed E-state index contributed by atoms with van der Waals surface area (Å²) in [4.78, 5) is 14.4. The van der Waals surface area contributed by atoms with Crippen LogP contribution in [0.25, 0.3) is 16.9 Å². The third-order valence-electron chi connectivity index (χ3n) is 5.78. The highest BCUT2D eigenvalue weighted by Crippen LogP contribution is 2.41. The predicted octanol–water partition coefficient (Wildman–Crippen LogP) is 5.03. The first kappa shape index (κ1) is 22.2. The van der Waals surface area contributed by atoms with Crippen molar-refractivity contribution in [2.24, 2.45) is 5.73 Å². The van der Waals surface area contributed by atoms with Crippen LogP contribution in [0.15, 0.2) is 72.7 Å². The van der Waals surface area contributed by atoms with Crippen LogP contribution >= 0.6 is 0 Å². The molecule has 1 aliphatic carbocycles. The van der Waals surface area contributed by atoms with Crippen LogP contribution in [-0.2, 0) is 0 Å². The van der Waals surface area contributed by atoms with E-state index >= 15 is 8.78 Å². The summed E-state index contributed by atoms with van der Waals surface area (Å²) in [6.45, 7) is 0. The molecule has 0 bridgehead atoms. The van der Waals surface area contributed by atoms with Crippen molar-refractivity contribution in [3.05, 3.63) is 107 Å². The van der Waals surface area contributed by atoms with Gasteiger partial charge in [0.2, 0.25) is 0 Å². The quantitative estimate of drug-likeness (QED) is 0.576. The highest BCUT2D eigenvalue weighted by molar-refractivity contribution is 5.95. The molecular formula is C26H18F3N5O. The first-order chi connectivity index (χ1) is 16.9. The van der Waals surface area contributed by atoms with Crippen LogP contribution in [0.2, 0.25) is 0 Å². The lowest BCUT2D eigenvalue weighted by Gasteiger charge is -2.12. The monoisotopic (exact) mass is 473 g/mol. The zero-order valence-corrected chi connectivity index (χ0v) is 18.3. The maximum absolute atomic E-state index is 15.2. The van der Waals surface area contributed by atoms with Gasteiger partial charge in [-0.1, -0.05) is 12.1 Å². The van der Waals surface area contributed by atoms with Gasteiger partial charge in [-0.3, -0.25) is 9.69 Å². The molecule has 0 radical (unpaired) electrons. The third kappa shape index (κ3) is 4.22. The van der Waals surface area contributed by atoms with Gasteiger partial charge in [-0.15, -0.1) is 0 Å². The molecule has 6 nitrogen and oxygen atoms in total. The normalized spacial score (nSPS) is 15.0. The van der Waals surface area contributed by atoms with Crippen LogP contribution in [0, 0.1) is 28.8 Å². The van der Waals surface area contributed by atoms with Crippen LogP contribution in [0.1, 0.15) is 40.4 Å². The number of benzene rings is 2. The summed E-state index contributed by atoms with van der Waals surface area (Å²) < 4.78 is 45.7. The molecule has 5 rings (SSSR count). The molecule has 9 heteroatoms. The molecule has 2 aromatic carbocycles. The molecule has 1 amide bonds. The van der Waals surface area contributed by atoms with E-state index in [9.17, 15) is 9.18 Å².